The summed E-state index contributed by atoms with van der Waals surface area (Å²) in [6.07, 6.45) is 1.10. The maximum atomic E-state index is 5.75. The molecule has 0 radical (unpaired) electrons. The van der Waals surface area contributed by atoms with Gasteiger partial charge < -0.3 is 24.3 Å². The highest BCUT2D eigenvalue weighted by Gasteiger charge is 2.27. The number of nitrogens with zero attached hydrogens (tertiary/aromatic N) is 1. The van der Waals surface area contributed by atoms with Crippen molar-refractivity contribution in [3.63, 3.8) is 0 Å². The highest BCUT2D eigenvalue weighted by atomic mass is 16.5. The topological polar surface area (TPSA) is 52.2 Å². The van der Waals surface area contributed by atoms with Crippen molar-refractivity contribution in [1.29, 1.82) is 0 Å². The number of hydrogen-bond acceptors (Lipinski definition) is 6. The molecule has 6 heteroatoms. The van der Waals surface area contributed by atoms with Crippen LogP contribution in [0, 0.1) is 0 Å². The summed E-state index contributed by atoms with van der Waals surface area (Å²) in [5, 5.41) is 3.49. The molecule has 1 unspecified atom stereocenters. The van der Waals surface area contributed by atoms with Gasteiger partial charge in [-0.05, 0) is 36.7 Å². The summed E-state index contributed by atoms with van der Waals surface area (Å²) in [6, 6.07) is 12.2. The van der Waals surface area contributed by atoms with Gasteiger partial charge in [-0.3, -0.25) is 4.90 Å². The Morgan fingerprint density at radius 1 is 0.786 bits per heavy atom. The Morgan fingerprint density at radius 2 is 1.46 bits per heavy atom. The van der Waals surface area contributed by atoms with Crippen LogP contribution in [0.15, 0.2) is 36.4 Å². The first-order chi connectivity index (χ1) is 13.7. The molecule has 152 valence electrons. The van der Waals surface area contributed by atoms with Crippen LogP contribution in [0.3, 0.4) is 0 Å². The van der Waals surface area contributed by atoms with Gasteiger partial charge >= 0.3 is 0 Å². The molecule has 0 aromatic heterocycles. The quantitative estimate of drug-likeness (QED) is 0.789. The van der Waals surface area contributed by atoms with Crippen molar-refractivity contribution in [2.24, 2.45) is 0 Å². The monoisotopic (exact) mass is 386 g/mol. The standard InChI is InChI=1S/C22H30N2O4/c1-25-17-8-6-16(7-9-17)22(24-12-5-10-23-11-13-24)18-14-20(27-3)21(28-4)15-19(18)26-2/h6-9,14-15,22-23H,5,10-13H2,1-4H3. The number of methoxy groups -OCH3 is 4. The van der Waals surface area contributed by atoms with E-state index in [4.69, 9.17) is 18.9 Å². The first-order valence-corrected chi connectivity index (χ1v) is 9.60. The highest BCUT2D eigenvalue weighted by Crippen LogP contribution is 2.42. The van der Waals surface area contributed by atoms with Crippen molar-refractivity contribution in [3.05, 3.63) is 47.5 Å². The summed E-state index contributed by atoms with van der Waals surface area (Å²) in [6.45, 7) is 3.95. The second-order valence-corrected chi connectivity index (χ2v) is 6.76. The first kappa shape index (κ1) is 20.3. The summed E-state index contributed by atoms with van der Waals surface area (Å²) in [7, 11) is 6.68. The Hall–Kier alpha value is -2.44. The predicted octanol–water partition coefficient (Wildman–Crippen LogP) is 3.11. The van der Waals surface area contributed by atoms with Crippen molar-refractivity contribution < 1.29 is 18.9 Å². The molecule has 1 aliphatic heterocycles. The normalized spacial score (nSPS) is 16.1. The maximum Gasteiger partial charge on any atom is 0.164 e. The molecule has 6 nitrogen and oxygen atoms in total. The van der Waals surface area contributed by atoms with Gasteiger partial charge in [-0.1, -0.05) is 12.1 Å². The van der Waals surface area contributed by atoms with E-state index in [0.717, 1.165) is 49.7 Å². The Labute approximate surface area is 167 Å². The fraction of sp³-hybridized carbons (Fsp3) is 0.455. The third-order valence-electron chi connectivity index (χ3n) is 5.20. The van der Waals surface area contributed by atoms with Gasteiger partial charge in [-0.25, -0.2) is 0 Å². The van der Waals surface area contributed by atoms with Gasteiger partial charge in [0.1, 0.15) is 11.5 Å². The highest BCUT2D eigenvalue weighted by molar-refractivity contribution is 5.54. The van der Waals surface area contributed by atoms with Crippen LogP contribution in [0.2, 0.25) is 0 Å². The molecule has 0 aliphatic carbocycles. The zero-order chi connectivity index (χ0) is 19.9. The van der Waals surface area contributed by atoms with E-state index in [9.17, 15) is 0 Å². The summed E-state index contributed by atoms with van der Waals surface area (Å²) in [4.78, 5) is 2.49. The first-order valence-electron chi connectivity index (χ1n) is 9.60. The van der Waals surface area contributed by atoms with Crippen molar-refractivity contribution in [1.82, 2.24) is 10.2 Å². The second kappa shape index (κ2) is 9.66. The van der Waals surface area contributed by atoms with Crippen LogP contribution in [-0.2, 0) is 0 Å². The fourth-order valence-corrected chi connectivity index (χ4v) is 3.76. The molecule has 2 aromatic rings. The SMILES string of the molecule is COc1ccc(C(c2cc(OC)c(OC)cc2OC)N2CCCNCC2)cc1. The van der Waals surface area contributed by atoms with Crippen LogP contribution < -0.4 is 24.3 Å². The van der Waals surface area contributed by atoms with Gasteiger partial charge in [0.15, 0.2) is 11.5 Å². The van der Waals surface area contributed by atoms with Crippen LogP contribution in [0.25, 0.3) is 0 Å². The third-order valence-corrected chi connectivity index (χ3v) is 5.20. The molecule has 0 bridgehead atoms. The molecule has 2 aromatic carbocycles. The Balaban J connectivity index is 2.11. The van der Waals surface area contributed by atoms with Crippen LogP contribution in [0.5, 0.6) is 23.0 Å². The van der Waals surface area contributed by atoms with E-state index in [2.05, 4.69) is 22.3 Å². The summed E-state index contributed by atoms with van der Waals surface area (Å²) < 4.78 is 22.2. The van der Waals surface area contributed by atoms with E-state index in [1.165, 1.54) is 5.56 Å². The van der Waals surface area contributed by atoms with Gasteiger partial charge in [0.25, 0.3) is 0 Å². The summed E-state index contributed by atoms with van der Waals surface area (Å²) >= 11 is 0. The third kappa shape index (κ3) is 4.34. The summed E-state index contributed by atoms with van der Waals surface area (Å²) in [5.74, 6) is 2.99. The van der Waals surface area contributed by atoms with Gasteiger partial charge in [0.2, 0.25) is 0 Å². The molecule has 1 aliphatic rings. The van der Waals surface area contributed by atoms with Crippen LogP contribution in [0.4, 0.5) is 0 Å². The number of benzene rings is 2. The molecular formula is C22H30N2O4. The van der Waals surface area contributed by atoms with Crippen LogP contribution >= 0.6 is 0 Å². The lowest BCUT2D eigenvalue weighted by Gasteiger charge is -2.32. The molecule has 1 saturated heterocycles. The zero-order valence-electron chi connectivity index (χ0n) is 17.2. The molecule has 28 heavy (non-hydrogen) atoms. The van der Waals surface area contributed by atoms with Crippen molar-refractivity contribution in [3.8, 4) is 23.0 Å². The van der Waals surface area contributed by atoms with Crippen molar-refractivity contribution in [2.75, 3.05) is 54.6 Å². The van der Waals surface area contributed by atoms with Crippen LogP contribution in [0.1, 0.15) is 23.6 Å². The minimum atomic E-state index is 0.0422. The lowest BCUT2D eigenvalue weighted by Crippen LogP contribution is -2.33. The van der Waals surface area contributed by atoms with E-state index in [1.807, 2.05) is 24.3 Å². The van der Waals surface area contributed by atoms with E-state index in [1.54, 1.807) is 28.4 Å². The molecule has 1 N–H and O–H groups in total. The lowest BCUT2D eigenvalue weighted by molar-refractivity contribution is 0.235. The molecule has 0 amide bonds. The molecule has 0 saturated carbocycles. The number of nitrogens with one attached hydrogen (secondary N) is 1. The Bertz CT molecular complexity index is 756. The van der Waals surface area contributed by atoms with Crippen molar-refractivity contribution in [2.45, 2.75) is 12.5 Å². The predicted molar refractivity (Wildman–Crippen MR) is 110 cm³/mol. The number of hydrogen-bond donors (Lipinski definition) is 1. The van der Waals surface area contributed by atoms with E-state index in [0.29, 0.717) is 11.5 Å². The second-order valence-electron chi connectivity index (χ2n) is 6.76. The Kier molecular flexibility index (Phi) is 7.01. The minimum absolute atomic E-state index is 0.0422. The van der Waals surface area contributed by atoms with E-state index < -0.39 is 0 Å². The van der Waals surface area contributed by atoms with Gasteiger partial charge in [-0.2, -0.15) is 0 Å². The molecule has 3 rings (SSSR count). The average molecular weight is 386 g/mol. The molecule has 1 atom stereocenters. The smallest absolute Gasteiger partial charge is 0.164 e. The van der Waals surface area contributed by atoms with E-state index in [-0.39, 0.29) is 6.04 Å². The van der Waals surface area contributed by atoms with Gasteiger partial charge in [0, 0.05) is 31.3 Å². The van der Waals surface area contributed by atoms with Gasteiger partial charge in [-0.15, -0.1) is 0 Å². The number of ether oxygens (including phenoxy) is 4. The zero-order valence-corrected chi connectivity index (χ0v) is 17.2. The molecule has 1 heterocycles. The van der Waals surface area contributed by atoms with Crippen LogP contribution in [-0.4, -0.2) is 59.5 Å². The van der Waals surface area contributed by atoms with Crippen molar-refractivity contribution >= 4 is 0 Å². The molecule has 0 spiro atoms. The minimum Gasteiger partial charge on any atom is -0.497 e. The number of rotatable bonds is 7. The average Bonchev–Trinajstić information content (AvgIpc) is 3.03. The largest absolute Gasteiger partial charge is 0.497 e. The van der Waals surface area contributed by atoms with E-state index >= 15 is 0 Å². The molecule has 1 fully saturated rings. The maximum absolute atomic E-state index is 5.75. The Morgan fingerprint density at radius 3 is 2.11 bits per heavy atom. The fourth-order valence-electron chi connectivity index (χ4n) is 3.76. The van der Waals surface area contributed by atoms with Gasteiger partial charge in [0.05, 0.1) is 34.5 Å². The summed E-state index contributed by atoms with van der Waals surface area (Å²) in [5.41, 5.74) is 2.25. The molecular weight excluding hydrogens is 356 g/mol. The lowest BCUT2D eigenvalue weighted by atomic mass is 9.95.